The average Bonchev–Trinajstić information content (AvgIpc) is 3.37. The molecule has 0 amide bonds. The molecular formula is C29H38N4O6S. The number of hydrogen-bond donors (Lipinski definition) is 0. The third kappa shape index (κ3) is 6.06. The summed E-state index contributed by atoms with van der Waals surface area (Å²) in [4.78, 5) is 13.0. The van der Waals surface area contributed by atoms with Crippen molar-refractivity contribution in [1.82, 2.24) is 19.3 Å². The second kappa shape index (κ2) is 12.1. The highest BCUT2D eigenvalue weighted by Gasteiger charge is 2.41. The van der Waals surface area contributed by atoms with E-state index >= 15 is 0 Å². The van der Waals surface area contributed by atoms with Crippen LogP contribution >= 0.6 is 0 Å². The maximum Gasteiger partial charge on any atom is 0.314 e. The van der Waals surface area contributed by atoms with Crippen LogP contribution in [0, 0.1) is 12.3 Å². The summed E-state index contributed by atoms with van der Waals surface area (Å²) in [7, 11) is -2.47. The highest BCUT2D eigenvalue weighted by Crippen LogP contribution is 2.40. The lowest BCUT2D eigenvalue weighted by atomic mass is 9.81. The van der Waals surface area contributed by atoms with Crippen molar-refractivity contribution in [3.8, 4) is 5.75 Å². The van der Waals surface area contributed by atoms with Crippen molar-refractivity contribution in [2.24, 2.45) is 5.41 Å². The summed E-state index contributed by atoms with van der Waals surface area (Å²) in [6.45, 7) is 10.6. The van der Waals surface area contributed by atoms with Gasteiger partial charge in [-0.15, -0.1) is 5.10 Å². The van der Waals surface area contributed by atoms with E-state index in [-0.39, 0.29) is 30.7 Å². The summed E-state index contributed by atoms with van der Waals surface area (Å²) in [5.74, 6) is -0.0536. The zero-order valence-corrected chi connectivity index (χ0v) is 24.8. The van der Waals surface area contributed by atoms with Crippen LogP contribution in [0.1, 0.15) is 62.6 Å². The van der Waals surface area contributed by atoms with Crippen LogP contribution in [-0.4, -0.2) is 53.4 Å². The van der Waals surface area contributed by atoms with E-state index in [4.69, 9.17) is 14.2 Å². The average molecular weight is 571 g/mol. The third-order valence-electron chi connectivity index (χ3n) is 7.32. The van der Waals surface area contributed by atoms with E-state index in [0.29, 0.717) is 24.4 Å². The number of esters is 1. The second-order valence-electron chi connectivity index (χ2n) is 10.5. The van der Waals surface area contributed by atoms with Crippen LogP contribution in [0.5, 0.6) is 5.75 Å². The SMILES string of the molecule is CC[C@@H]1CN(Cc2cc(C(OCc3cn(CC)nn3)C(C)(C)C(=O)OC)ccc2C)S(=O)(=O)c2ccccc2O1. The van der Waals surface area contributed by atoms with Gasteiger partial charge in [0.1, 0.15) is 22.4 Å². The van der Waals surface area contributed by atoms with E-state index in [1.807, 2.05) is 39.0 Å². The van der Waals surface area contributed by atoms with E-state index in [9.17, 15) is 13.2 Å². The Balaban J connectivity index is 1.69. The third-order valence-corrected chi connectivity index (χ3v) is 9.17. The molecule has 216 valence electrons. The maximum absolute atomic E-state index is 13.7. The van der Waals surface area contributed by atoms with E-state index in [2.05, 4.69) is 10.3 Å². The first-order chi connectivity index (χ1) is 19.0. The molecule has 0 N–H and O–H groups in total. The van der Waals surface area contributed by atoms with E-state index < -0.39 is 27.5 Å². The minimum atomic E-state index is -3.82. The van der Waals surface area contributed by atoms with Gasteiger partial charge in [-0.2, -0.15) is 4.31 Å². The highest BCUT2D eigenvalue weighted by atomic mass is 32.2. The van der Waals surface area contributed by atoms with Crippen molar-refractivity contribution in [2.75, 3.05) is 13.7 Å². The quantitative estimate of drug-likeness (QED) is 0.329. The number of sulfonamides is 1. The molecule has 0 aliphatic carbocycles. The number of nitrogens with zero attached hydrogens (tertiary/aromatic N) is 4. The molecule has 0 fully saturated rings. The predicted molar refractivity (Wildman–Crippen MR) is 149 cm³/mol. The molecule has 1 unspecified atom stereocenters. The number of hydrogen-bond acceptors (Lipinski definition) is 8. The number of carbonyl (C=O) groups excluding carboxylic acids is 1. The van der Waals surface area contributed by atoms with Crippen LogP contribution in [0.25, 0.3) is 0 Å². The van der Waals surface area contributed by atoms with Crippen LogP contribution in [0.4, 0.5) is 0 Å². The Labute approximate surface area is 236 Å². The number of carbonyl (C=O) groups is 1. The molecule has 0 bridgehead atoms. The fourth-order valence-corrected chi connectivity index (χ4v) is 6.41. The fraction of sp³-hybridized carbons (Fsp3) is 0.483. The second-order valence-corrected chi connectivity index (χ2v) is 12.5. The number of benzene rings is 2. The zero-order valence-electron chi connectivity index (χ0n) is 24.0. The standard InChI is InChI=1S/C29H38N4O6S/c1-7-24-18-33(40(35,36)26-12-10-9-11-25(26)39-24)16-22-15-21(14-13-20(22)3)27(29(4,5)28(34)37-6)38-19-23-17-32(8-2)31-30-23/h9-15,17,24,27H,7-8,16,18-19H2,1-6H3/t24-,27?/m1/s1. The summed E-state index contributed by atoms with van der Waals surface area (Å²) in [5, 5.41) is 8.22. The summed E-state index contributed by atoms with van der Waals surface area (Å²) >= 11 is 0. The molecule has 11 heteroatoms. The summed E-state index contributed by atoms with van der Waals surface area (Å²) in [6.07, 6.45) is 1.48. The van der Waals surface area contributed by atoms with Gasteiger partial charge in [-0.3, -0.25) is 9.48 Å². The van der Waals surface area contributed by atoms with Gasteiger partial charge in [0, 0.05) is 13.1 Å². The van der Waals surface area contributed by atoms with Gasteiger partial charge >= 0.3 is 5.97 Å². The van der Waals surface area contributed by atoms with Crippen molar-refractivity contribution < 1.29 is 27.4 Å². The lowest BCUT2D eigenvalue weighted by Gasteiger charge is -2.32. The molecule has 0 spiro atoms. The molecule has 2 aromatic carbocycles. The van der Waals surface area contributed by atoms with Crippen LogP contribution in [0.3, 0.4) is 0 Å². The lowest BCUT2D eigenvalue weighted by Crippen LogP contribution is -2.37. The topological polar surface area (TPSA) is 113 Å². The molecule has 10 nitrogen and oxygen atoms in total. The smallest absolute Gasteiger partial charge is 0.314 e. The van der Waals surface area contributed by atoms with Crippen molar-refractivity contribution in [3.63, 3.8) is 0 Å². The van der Waals surface area contributed by atoms with Gasteiger partial charge in [0.25, 0.3) is 0 Å². The number of para-hydroxylation sites is 1. The fourth-order valence-electron chi connectivity index (χ4n) is 4.84. The first-order valence-electron chi connectivity index (χ1n) is 13.5. The normalized spacial score (nSPS) is 17.9. The molecule has 40 heavy (non-hydrogen) atoms. The molecular weight excluding hydrogens is 532 g/mol. The van der Waals surface area contributed by atoms with E-state index in [1.54, 1.807) is 49.0 Å². The largest absolute Gasteiger partial charge is 0.488 e. The summed E-state index contributed by atoms with van der Waals surface area (Å²) in [6, 6.07) is 12.5. The van der Waals surface area contributed by atoms with Gasteiger partial charge in [-0.25, -0.2) is 8.42 Å². The Kier molecular flexibility index (Phi) is 8.96. The molecule has 2 heterocycles. The minimum Gasteiger partial charge on any atom is -0.488 e. The molecule has 3 aromatic rings. The Bertz CT molecular complexity index is 1450. The van der Waals surface area contributed by atoms with Crippen molar-refractivity contribution in [2.45, 2.75) is 77.8 Å². The maximum atomic E-state index is 13.7. The van der Waals surface area contributed by atoms with Gasteiger partial charge in [0.2, 0.25) is 10.0 Å². The van der Waals surface area contributed by atoms with Crippen LogP contribution < -0.4 is 4.74 Å². The Morgan fingerprint density at radius 2 is 1.95 bits per heavy atom. The van der Waals surface area contributed by atoms with Crippen molar-refractivity contribution >= 4 is 16.0 Å². The lowest BCUT2D eigenvalue weighted by molar-refractivity contribution is -0.162. The van der Waals surface area contributed by atoms with Crippen molar-refractivity contribution in [3.05, 3.63) is 71.0 Å². The van der Waals surface area contributed by atoms with E-state index in [1.165, 1.54) is 11.4 Å². The van der Waals surface area contributed by atoms with Gasteiger partial charge in [0.05, 0.1) is 38.0 Å². The van der Waals surface area contributed by atoms with Gasteiger partial charge in [0.15, 0.2) is 0 Å². The Morgan fingerprint density at radius 1 is 1.20 bits per heavy atom. The number of ether oxygens (including phenoxy) is 3. The van der Waals surface area contributed by atoms with Gasteiger partial charge in [-0.1, -0.05) is 42.5 Å². The van der Waals surface area contributed by atoms with Crippen LogP contribution in [0.15, 0.2) is 53.6 Å². The number of aryl methyl sites for hydroxylation is 2. The molecule has 1 aliphatic heterocycles. The van der Waals surface area contributed by atoms with Crippen molar-refractivity contribution in [1.29, 1.82) is 0 Å². The summed E-state index contributed by atoms with van der Waals surface area (Å²) in [5.41, 5.74) is 2.05. The van der Waals surface area contributed by atoms with E-state index in [0.717, 1.165) is 16.7 Å². The molecule has 0 radical (unpaired) electrons. The number of fused-ring (bicyclic) bond motifs is 1. The number of aromatic nitrogens is 3. The molecule has 0 saturated heterocycles. The minimum absolute atomic E-state index is 0.140. The molecule has 4 rings (SSSR count). The molecule has 0 saturated carbocycles. The first kappa shape index (κ1) is 29.7. The Hall–Kier alpha value is -3.28. The summed E-state index contributed by atoms with van der Waals surface area (Å²) < 4.78 is 48.2. The van der Waals surface area contributed by atoms with Gasteiger partial charge < -0.3 is 14.2 Å². The van der Waals surface area contributed by atoms with Crippen LogP contribution in [-0.2, 0) is 44.0 Å². The number of rotatable bonds is 10. The monoisotopic (exact) mass is 570 g/mol. The van der Waals surface area contributed by atoms with Gasteiger partial charge in [-0.05, 0) is 62.9 Å². The van der Waals surface area contributed by atoms with Crippen LogP contribution in [0.2, 0.25) is 0 Å². The predicted octanol–water partition coefficient (Wildman–Crippen LogP) is 4.43. The first-order valence-corrected chi connectivity index (χ1v) is 14.9. The Morgan fingerprint density at radius 3 is 2.62 bits per heavy atom. The highest BCUT2D eigenvalue weighted by molar-refractivity contribution is 7.89. The molecule has 1 aliphatic rings. The zero-order chi connectivity index (χ0) is 29.1. The molecule has 2 atom stereocenters. The number of methoxy groups -OCH3 is 1. The molecule has 1 aromatic heterocycles.